The van der Waals surface area contributed by atoms with Crippen molar-refractivity contribution in [2.75, 3.05) is 0 Å². The molecule has 3 heterocycles. The van der Waals surface area contributed by atoms with Crippen LogP contribution in [0.15, 0.2) is 72.9 Å². The average molecular weight is 373 g/mol. The van der Waals surface area contributed by atoms with E-state index in [4.69, 9.17) is 11.6 Å². The molecule has 2 aromatic carbocycles. The Balaban J connectivity index is 1.91. The predicted octanol–water partition coefficient (Wildman–Crippen LogP) is 4.97. The molecular weight excluding hydrogens is 360 g/mol. The number of para-hydroxylation sites is 1. The lowest BCUT2D eigenvalue weighted by Gasteiger charge is -2.09. The maximum Gasteiger partial charge on any atom is 0.173 e. The van der Waals surface area contributed by atoms with Crippen molar-refractivity contribution in [3.63, 3.8) is 0 Å². The van der Waals surface area contributed by atoms with E-state index >= 15 is 0 Å². The lowest BCUT2D eigenvalue weighted by molar-refractivity contribution is 0.477. The summed E-state index contributed by atoms with van der Waals surface area (Å²) in [5.41, 5.74) is 3.90. The fourth-order valence-electron chi connectivity index (χ4n) is 3.27. The van der Waals surface area contributed by atoms with Crippen LogP contribution in [-0.4, -0.2) is 24.7 Å². The highest BCUT2D eigenvalue weighted by Gasteiger charge is 2.18. The molecule has 6 heteroatoms. The lowest BCUT2D eigenvalue weighted by atomic mass is 10.1. The number of fused-ring (bicyclic) bond motifs is 3. The summed E-state index contributed by atoms with van der Waals surface area (Å²) in [6.45, 7) is 0. The van der Waals surface area contributed by atoms with E-state index in [1.807, 2.05) is 59.0 Å². The van der Waals surface area contributed by atoms with Crippen LogP contribution in [0.4, 0.5) is 0 Å². The first kappa shape index (κ1) is 15.8. The Morgan fingerprint density at radius 2 is 1.63 bits per heavy atom. The minimum absolute atomic E-state index is 0.146. The number of hydrogen-bond acceptors (Lipinski definition) is 4. The van der Waals surface area contributed by atoms with Gasteiger partial charge in [-0.2, -0.15) is 0 Å². The Hall–Kier alpha value is -3.44. The fourth-order valence-corrected chi connectivity index (χ4v) is 3.39. The van der Waals surface area contributed by atoms with Gasteiger partial charge in [0.2, 0.25) is 0 Å². The summed E-state index contributed by atoms with van der Waals surface area (Å²) in [5.74, 6) is 0.690. The van der Waals surface area contributed by atoms with Crippen molar-refractivity contribution in [1.82, 2.24) is 19.6 Å². The molecule has 0 atom stereocenters. The van der Waals surface area contributed by atoms with Crippen molar-refractivity contribution in [2.45, 2.75) is 0 Å². The first-order chi connectivity index (χ1) is 13.2. The molecule has 0 aliphatic carbocycles. The summed E-state index contributed by atoms with van der Waals surface area (Å²) in [4.78, 5) is 4.53. The van der Waals surface area contributed by atoms with E-state index in [2.05, 4.69) is 15.2 Å². The molecule has 0 aliphatic rings. The minimum Gasteiger partial charge on any atom is -0.507 e. The summed E-state index contributed by atoms with van der Waals surface area (Å²) in [6.07, 6.45) is 1.73. The van der Waals surface area contributed by atoms with Crippen molar-refractivity contribution in [1.29, 1.82) is 0 Å². The molecule has 130 valence electrons. The number of aromatic nitrogens is 4. The van der Waals surface area contributed by atoms with Gasteiger partial charge in [-0.25, -0.2) is 4.98 Å². The monoisotopic (exact) mass is 372 g/mol. The molecule has 5 aromatic rings. The van der Waals surface area contributed by atoms with E-state index in [9.17, 15) is 5.11 Å². The SMILES string of the molecule is Oc1ccccc1-c1nnc2c(-c3ccc(Cl)cc3)cc3cccnc3n12. The molecular formula is C21H13ClN4O. The van der Waals surface area contributed by atoms with Crippen LogP contribution in [0.25, 0.3) is 39.2 Å². The number of halogens is 1. The number of nitrogens with zero attached hydrogens (tertiary/aromatic N) is 4. The number of benzene rings is 2. The molecule has 0 saturated heterocycles. The number of phenolic OH excluding ortho intramolecular Hbond substituents is 1. The van der Waals surface area contributed by atoms with Gasteiger partial charge >= 0.3 is 0 Å². The van der Waals surface area contributed by atoms with Gasteiger partial charge in [0, 0.05) is 22.2 Å². The van der Waals surface area contributed by atoms with Crippen LogP contribution in [0.5, 0.6) is 5.75 Å². The topological polar surface area (TPSA) is 63.3 Å². The van der Waals surface area contributed by atoms with Crippen LogP contribution in [0, 0.1) is 0 Å². The van der Waals surface area contributed by atoms with Crippen LogP contribution in [-0.2, 0) is 0 Å². The first-order valence-corrected chi connectivity index (χ1v) is 8.77. The molecule has 0 radical (unpaired) electrons. The second kappa shape index (κ2) is 6.07. The summed E-state index contributed by atoms with van der Waals surface area (Å²) in [5, 5.41) is 20.7. The highest BCUT2D eigenvalue weighted by molar-refractivity contribution is 6.30. The van der Waals surface area contributed by atoms with E-state index in [0.717, 1.165) is 22.2 Å². The number of aromatic hydroxyl groups is 1. The third kappa shape index (κ3) is 2.52. The van der Waals surface area contributed by atoms with Gasteiger partial charge in [0.05, 0.1) is 5.56 Å². The molecule has 0 fully saturated rings. The smallest absolute Gasteiger partial charge is 0.173 e. The van der Waals surface area contributed by atoms with Crippen LogP contribution in [0.3, 0.4) is 0 Å². The maximum atomic E-state index is 10.3. The van der Waals surface area contributed by atoms with Crippen molar-refractivity contribution >= 4 is 28.3 Å². The number of phenols is 1. The van der Waals surface area contributed by atoms with Gasteiger partial charge in [0.25, 0.3) is 0 Å². The van der Waals surface area contributed by atoms with E-state index in [-0.39, 0.29) is 5.75 Å². The molecule has 0 spiro atoms. The molecule has 5 rings (SSSR count). The molecule has 0 unspecified atom stereocenters. The zero-order valence-electron chi connectivity index (χ0n) is 14.0. The van der Waals surface area contributed by atoms with E-state index in [0.29, 0.717) is 22.1 Å². The normalized spacial score (nSPS) is 11.3. The van der Waals surface area contributed by atoms with Gasteiger partial charge in [-0.05, 0) is 48.0 Å². The average Bonchev–Trinajstić information content (AvgIpc) is 3.14. The molecule has 0 bridgehead atoms. The second-order valence-corrected chi connectivity index (χ2v) is 6.62. The van der Waals surface area contributed by atoms with Gasteiger partial charge in [0.1, 0.15) is 11.4 Å². The van der Waals surface area contributed by atoms with Crippen LogP contribution >= 0.6 is 11.6 Å². The summed E-state index contributed by atoms with van der Waals surface area (Å²) >= 11 is 6.04. The van der Waals surface area contributed by atoms with Gasteiger partial charge in [-0.3, -0.25) is 4.40 Å². The first-order valence-electron chi connectivity index (χ1n) is 8.39. The highest BCUT2D eigenvalue weighted by Crippen LogP contribution is 2.34. The molecule has 0 saturated carbocycles. The molecule has 0 amide bonds. The molecule has 1 N–H and O–H groups in total. The van der Waals surface area contributed by atoms with Gasteiger partial charge in [0.15, 0.2) is 11.5 Å². The lowest BCUT2D eigenvalue weighted by Crippen LogP contribution is -1.97. The molecule has 27 heavy (non-hydrogen) atoms. The third-order valence-corrected chi connectivity index (χ3v) is 4.78. The molecule has 5 nitrogen and oxygen atoms in total. The van der Waals surface area contributed by atoms with E-state index in [1.165, 1.54) is 0 Å². The largest absolute Gasteiger partial charge is 0.507 e. The number of rotatable bonds is 2. The van der Waals surface area contributed by atoms with Crippen molar-refractivity contribution in [3.05, 3.63) is 77.9 Å². The predicted molar refractivity (Wildman–Crippen MR) is 106 cm³/mol. The highest BCUT2D eigenvalue weighted by atomic mass is 35.5. The quantitative estimate of drug-likeness (QED) is 0.475. The Morgan fingerprint density at radius 1 is 0.815 bits per heavy atom. The Bertz CT molecular complexity index is 1300. The summed E-state index contributed by atoms with van der Waals surface area (Å²) in [7, 11) is 0. The zero-order valence-corrected chi connectivity index (χ0v) is 14.8. The third-order valence-electron chi connectivity index (χ3n) is 4.53. The van der Waals surface area contributed by atoms with Crippen molar-refractivity contribution < 1.29 is 5.11 Å². The Morgan fingerprint density at radius 3 is 2.44 bits per heavy atom. The van der Waals surface area contributed by atoms with Gasteiger partial charge in [-0.15, -0.1) is 10.2 Å². The zero-order chi connectivity index (χ0) is 18.4. The van der Waals surface area contributed by atoms with Crippen LogP contribution < -0.4 is 0 Å². The standard InChI is InChI=1S/C21H13ClN4O/c22-15-9-7-13(8-10-15)17-12-14-4-3-11-23-19(14)26-20(24-25-21(17)26)16-5-1-2-6-18(16)27/h1-12,27H. The van der Waals surface area contributed by atoms with Crippen LogP contribution in [0.1, 0.15) is 0 Å². The van der Waals surface area contributed by atoms with Crippen molar-refractivity contribution in [3.8, 4) is 28.3 Å². The maximum absolute atomic E-state index is 10.3. The molecule has 0 aliphatic heterocycles. The summed E-state index contributed by atoms with van der Waals surface area (Å²) < 4.78 is 1.88. The van der Waals surface area contributed by atoms with Gasteiger partial charge in [-0.1, -0.05) is 35.9 Å². The Kier molecular flexibility index (Phi) is 3.55. The van der Waals surface area contributed by atoms with Crippen molar-refractivity contribution in [2.24, 2.45) is 0 Å². The van der Waals surface area contributed by atoms with Crippen LogP contribution in [0.2, 0.25) is 5.02 Å². The molecule has 3 aromatic heterocycles. The second-order valence-electron chi connectivity index (χ2n) is 6.18. The fraction of sp³-hybridized carbons (Fsp3) is 0. The number of pyridine rings is 2. The van der Waals surface area contributed by atoms with Gasteiger partial charge < -0.3 is 5.11 Å². The van der Waals surface area contributed by atoms with E-state index in [1.54, 1.807) is 18.3 Å². The van der Waals surface area contributed by atoms with E-state index < -0.39 is 0 Å². The minimum atomic E-state index is 0.146. The summed E-state index contributed by atoms with van der Waals surface area (Å²) in [6, 6.07) is 20.6. The number of hydrogen-bond donors (Lipinski definition) is 1. The Labute approximate surface area is 159 Å².